The summed E-state index contributed by atoms with van der Waals surface area (Å²) in [5.74, 6) is 0. The zero-order chi connectivity index (χ0) is 14.7. The van der Waals surface area contributed by atoms with E-state index in [9.17, 15) is 0 Å². The van der Waals surface area contributed by atoms with E-state index in [1.807, 2.05) is 0 Å². The van der Waals surface area contributed by atoms with Crippen LogP contribution in [0.4, 0.5) is 0 Å². The van der Waals surface area contributed by atoms with E-state index in [-0.39, 0.29) is 0 Å². The van der Waals surface area contributed by atoms with E-state index in [1.165, 1.54) is 50.0 Å². The van der Waals surface area contributed by atoms with Crippen molar-refractivity contribution in [2.24, 2.45) is 0 Å². The highest BCUT2D eigenvalue weighted by Gasteiger charge is 2.23. The lowest BCUT2D eigenvalue weighted by molar-refractivity contribution is 0.0883. The fraction of sp³-hybridized carbons (Fsp3) is 0.667. The Morgan fingerprint density at radius 1 is 1.19 bits per heavy atom. The predicted octanol–water partition coefficient (Wildman–Crippen LogP) is 2.46. The molecule has 3 rings (SSSR count). The Morgan fingerprint density at radius 3 is 2.76 bits per heavy atom. The quantitative estimate of drug-likeness (QED) is 0.867. The first-order valence-corrected chi connectivity index (χ1v) is 8.48. The summed E-state index contributed by atoms with van der Waals surface area (Å²) in [6.07, 6.45) is 3.97. The third kappa shape index (κ3) is 4.29. The maximum Gasteiger partial charge on any atom is 0.0235 e. The highest BCUT2D eigenvalue weighted by molar-refractivity contribution is 5.23. The molecule has 0 radical (unpaired) electrons. The molecule has 1 aromatic carbocycles. The number of hydrogen-bond acceptors (Lipinski definition) is 3. The van der Waals surface area contributed by atoms with Gasteiger partial charge in [0.05, 0.1) is 0 Å². The zero-order valence-electron chi connectivity index (χ0n) is 13.5. The molecule has 3 nitrogen and oxygen atoms in total. The molecule has 1 heterocycles. The van der Waals surface area contributed by atoms with Gasteiger partial charge in [0, 0.05) is 44.8 Å². The molecule has 1 aliphatic heterocycles. The van der Waals surface area contributed by atoms with Crippen LogP contribution in [0.3, 0.4) is 0 Å². The van der Waals surface area contributed by atoms with Crippen LogP contribution in [0, 0.1) is 0 Å². The number of piperazine rings is 1. The molecule has 1 aromatic rings. The van der Waals surface area contributed by atoms with Gasteiger partial charge >= 0.3 is 0 Å². The van der Waals surface area contributed by atoms with Crippen molar-refractivity contribution < 1.29 is 0 Å². The molecule has 0 spiro atoms. The van der Waals surface area contributed by atoms with Gasteiger partial charge in [-0.25, -0.2) is 0 Å². The van der Waals surface area contributed by atoms with Gasteiger partial charge < -0.3 is 10.2 Å². The number of nitrogens with one attached hydrogen (secondary N) is 1. The van der Waals surface area contributed by atoms with E-state index in [1.54, 1.807) is 0 Å². The number of rotatable bonds is 6. The van der Waals surface area contributed by atoms with Crippen molar-refractivity contribution in [2.45, 2.75) is 51.4 Å². The second kappa shape index (κ2) is 6.91. The maximum absolute atomic E-state index is 3.61. The smallest absolute Gasteiger partial charge is 0.0235 e. The Balaban J connectivity index is 1.55. The molecule has 1 aliphatic carbocycles. The van der Waals surface area contributed by atoms with Crippen LogP contribution in [0.1, 0.15) is 37.3 Å². The van der Waals surface area contributed by atoms with Gasteiger partial charge in [-0.2, -0.15) is 0 Å². The molecule has 116 valence electrons. The molecule has 1 saturated heterocycles. The molecule has 1 unspecified atom stereocenters. The summed E-state index contributed by atoms with van der Waals surface area (Å²) in [6, 6.07) is 10.6. The fourth-order valence-electron chi connectivity index (χ4n) is 3.24. The standard InChI is InChI=1S/C18H29N3/c1-3-18-14-21(10-9-20(18)2)13-16-6-4-5-15(11-16)12-19-17-7-8-17/h4-6,11,17-19H,3,7-10,12-14H2,1-2H3. The summed E-state index contributed by atoms with van der Waals surface area (Å²) >= 11 is 0. The van der Waals surface area contributed by atoms with E-state index < -0.39 is 0 Å². The first-order chi connectivity index (χ1) is 10.2. The van der Waals surface area contributed by atoms with Crippen molar-refractivity contribution >= 4 is 0 Å². The number of hydrogen-bond donors (Lipinski definition) is 1. The minimum atomic E-state index is 0.721. The van der Waals surface area contributed by atoms with Crippen LogP contribution in [-0.4, -0.2) is 48.6 Å². The molecule has 0 aromatic heterocycles. The van der Waals surface area contributed by atoms with Crippen LogP contribution in [0.2, 0.25) is 0 Å². The molecular weight excluding hydrogens is 258 g/mol. The first kappa shape index (κ1) is 15.0. The lowest BCUT2D eigenvalue weighted by Crippen LogP contribution is -2.50. The normalized spacial score (nSPS) is 24.4. The molecular formula is C18H29N3. The molecule has 1 saturated carbocycles. The van der Waals surface area contributed by atoms with Crippen LogP contribution >= 0.6 is 0 Å². The van der Waals surface area contributed by atoms with Gasteiger partial charge in [-0.1, -0.05) is 31.2 Å². The molecule has 2 aliphatic rings. The van der Waals surface area contributed by atoms with Crippen LogP contribution < -0.4 is 5.32 Å². The van der Waals surface area contributed by atoms with Crippen molar-refractivity contribution in [3.05, 3.63) is 35.4 Å². The summed E-state index contributed by atoms with van der Waals surface area (Å²) < 4.78 is 0. The molecule has 21 heavy (non-hydrogen) atoms. The van der Waals surface area contributed by atoms with E-state index in [2.05, 4.69) is 53.4 Å². The molecule has 3 heteroatoms. The van der Waals surface area contributed by atoms with Crippen LogP contribution in [-0.2, 0) is 13.1 Å². The van der Waals surface area contributed by atoms with Crippen molar-refractivity contribution in [1.82, 2.24) is 15.1 Å². The largest absolute Gasteiger partial charge is 0.310 e. The topological polar surface area (TPSA) is 18.5 Å². The number of likely N-dealkylation sites (N-methyl/N-ethyl adjacent to an activating group) is 1. The van der Waals surface area contributed by atoms with Crippen LogP contribution in [0.15, 0.2) is 24.3 Å². The average Bonchev–Trinajstić information content (AvgIpc) is 3.32. The highest BCUT2D eigenvalue weighted by Crippen LogP contribution is 2.20. The Kier molecular flexibility index (Phi) is 4.94. The van der Waals surface area contributed by atoms with Crippen LogP contribution in [0.25, 0.3) is 0 Å². The summed E-state index contributed by atoms with van der Waals surface area (Å²) in [6.45, 7) is 8.02. The Hall–Kier alpha value is -0.900. The molecule has 2 fully saturated rings. The predicted molar refractivity (Wildman–Crippen MR) is 88.3 cm³/mol. The van der Waals surface area contributed by atoms with E-state index in [4.69, 9.17) is 0 Å². The second-order valence-electron chi connectivity index (χ2n) is 6.75. The average molecular weight is 287 g/mol. The number of benzene rings is 1. The lowest BCUT2D eigenvalue weighted by Gasteiger charge is -2.39. The minimum absolute atomic E-state index is 0.721. The third-order valence-corrected chi connectivity index (χ3v) is 4.90. The summed E-state index contributed by atoms with van der Waals surface area (Å²) in [7, 11) is 2.26. The molecule has 0 amide bonds. The van der Waals surface area contributed by atoms with Crippen molar-refractivity contribution in [1.29, 1.82) is 0 Å². The van der Waals surface area contributed by atoms with Gasteiger partial charge in [-0.05, 0) is 37.4 Å². The zero-order valence-corrected chi connectivity index (χ0v) is 13.5. The van der Waals surface area contributed by atoms with Crippen molar-refractivity contribution in [2.75, 3.05) is 26.7 Å². The van der Waals surface area contributed by atoms with Crippen molar-refractivity contribution in [3.8, 4) is 0 Å². The number of nitrogens with zero attached hydrogens (tertiary/aromatic N) is 2. The van der Waals surface area contributed by atoms with Crippen LogP contribution in [0.5, 0.6) is 0 Å². The van der Waals surface area contributed by atoms with Gasteiger partial charge in [0.25, 0.3) is 0 Å². The van der Waals surface area contributed by atoms with Crippen molar-refractivity contribution in [3.63, 3.8) is 0 Å². The van der Waals surface area contributed by atoms with Gasteiger partial charge in [0.2, 0.25) is 0 Å². The van der Waals surface area contributed by atoms with Gasteiger partial charge in [-0.3, -0.25) is 4.90 Å². The van der Waals surface area contributed by atoms with Gasteiger partial charge in [0.1, 0.15) is 0 Å². The van der Waals surface area contributed by atoms with E-state index >= 15 is 0 Å². The molecule has 0 bridgehead atoms. The Morgan fingerprint density at radius 2 is 2.00 bits per heavy atom. The second-order valence-corrected chi connectivity index (χ2v) is 6.75. The monoisotopic (exact) mass is 287 g/mol. The van der Waals surface area contributed by atoms with Gasteiger partial charge in [0.15, 0.2) is 0 Å². The summed E-state index contributed by atoms with van der Waals surface area (Å²) in [5.41, 5.74) is 2.89. The van der Waals surface area contributed by atoms with Gasteiger partial charge in [-0.15, -0.1) is 0 Å². The molecule has 1 N–H and O–H groups in total. The molecule has 1 atom stereocenters. The first-order valence-electron chi connectivity index (χ1n) is 8.48. The Labute approximate surface area is 129 Å². The fourth-order valence-corrected chi connectivity index (χ4v) is 3.24. The Bertz CT molecular complexity index is 456. The minimum Gasteiger partial charge on any atom is -0.310 e. The van der Waals surface area contributed by atoms with E-state index in [0.717, 1.165) is 25.2 Å². The maximum atomic E-state index is 3.61. The SMILES string of the molecule is CCC1CN(Cc2cccc(CNC3CC3)c2)CCN1C. The summed E-state index contributed by atoms with van der Waals surface area (Å²) in [5, 5.41) is 3.61. The summed E-state index contributed by atoms with van der Waals surface area (Å²) in [4.78, 5) is 5.12. The highest BCUT2D eigenvalue weighted by atomic mass is 15.3. The third-order valence-electron chi connectivity index (χ3n) is 4.90. The van der Waals surface area contributed by atoms with E-state index in [0.29, 0.717) is 0 Å². The lowest BCUT2D eigenvalue weighted by atomic mass is 10.1.